The Balaban J connectivity index is 3.85. The lowest BCUT2D eigenvalue weighted by atomic mass is 10.0. The highest BCUT2D eigenvalue weighted by Crippen LogP contribution is 2.06. The molecule has 0 amide bonds. The van der Waals surface area contributed by atoms with Crippen LogP contribution in [0.1, 0.15) is 40.0 Å². The van der Waals surface area contributed by atoms with Gasteiger partial charge in [-0.25, -0.2) is 0 Å². The van der Waals surface area contributed by atoms with Gasteiger partial charge in [-0.15, -0.1) is 0 Å². The van der Waals surface area contributed by atoms with E-state index in [4.69, 9.17) is 4.74 Å². The SMILES string of the molecule is CCCCOC(=O)C(CC)C(C)=O. The quantitative estimate of drug-likeness (QED) is 0.362. The minimum atomic E-state index is -0.558. The zero-order valence-electron chi connectivity index (χ0n) is 8.63. The van der Waals surface area contributed by atoms with Crippen LogP contribution in [0.5, 0.6) is 0 Å². The Morgan fingerprint density at radius 2 is 1.92 bits per heavy atom. The van der Waals surface area contributed by atoms with Crippen molar-refractivity contribution in [3.8, 4) is 0 Å². The Labute approximate surface area is 79.5 Å². The van der Waals surface area contributed by atoms with Crippen molar-refractivity contribution in [1.82, 2.24) is 0 Å². The maximum atomic E-state index is 11.2. The molecule has 0 heterocycles. The Morgan fingerprint density at radius 3 is 2.31 bits per heavy atom. The Bertz CT molecular complexity index is 175. The number of hydrogen-bond acceptors (Lipinski definition) is 3. The van der Waals surface area contributed by atoms with Crippen molar-refractivity contribution in [2.75, 3.05) is 6.61 Å². The Morgan fingerprint density at radius 1 is 1.31 bits per heavy atom. The first kappa shape index (κ1) is 12.1. The molecule has 0 aromatic heterocycles. The van der Waals surface area contributed by atoms with Crippen molar-refractivity contribution in [3.05, 3.63) is 0 Å². The number of ether oxygens (including phenoxy) is 1. The van der Waals surface area contributed by atoms with Crippen molar-refractivity contribution in [2.45, 2.75) is 40.0 Å². The molecule has 3 nitrogen and oxygen atoms in total. The van der Waals surface area contributed by atoms with E-state index in [1.807, 2.05) is 13.8 Å². The molecule has 3 heteroatoms. The number of Topliss-reactive ketones (excluding diaryl/α,β-unsaturated/α-hetero) is 1. The van der Waals surface area contributed by atoms with Gasteiger partial charge in [-0.1, -0.05) is 20.3 Å². The van der Waals surface area contributed by atoms with Crippen LogP contribution in [-0.2, 0) is 14.3 Å². The van der Waals surface area contributed by atoms with E-state index < -0.39 is 5.92 Å². The number of rotatable bonds is 6. The van der Waals surface area contributed by atoms with Gasteiger partial charge in [-0.3, -0.25) is 9.59 Å². The van der Waals surface area contributed by atoms with Gasteiger partial charge in [0.2, 0.25) is 0 Å². The monoisotopic (exact) mass is 186 g/mol. The highest BCUT2D eigenvalue weighted by Gasteiger charge is 2.22. The predicted octanol–water partition coefficient (Wildman–Crippen LogP) is 1.94. The smallest absolute Gasteiger partial charge is 0.316 e. The van der Waals surface area contributed by atoms with Gasteiger partial charge in [0, 0.05) is 0 Å². The van der Waals surface area contributed by atoms with E-state index in [0.29, 0.717) is 13.0 Å². The van der Waals surface area contributed by atoms with E-state index in [9.17, 15) is 9.59 Å². The van der Waals surface area contributed by atoms with Crippen LogP contribution in [0, 0.1) is 5.92 Å². The molecule has 0 fully saturated rings. The molecule has 1 unspecified atom stereocenters. The summed E-state index contributed by atoms with van der Waals surface area (Å²) in [5.74, 6) is -1.04. The topological polar surface area (TPSA) is 43.4 Å². The minimum absolute atomic E-state index is 0.107. The molecule has 0 aliphatic heterocycles. The van der Waals surface area contributed by atoms with Crippen LogP contribution in [-0.4, -0.2) is 18.4 Å². The molecule has 0 aliphatic carbocycles. The summed E-state index contributed by atoms with van der Waals surface area (Å²) in [5.41, 5.74) is 0. The van der Waals surface area contributed by atoms with Crippen molar-refractivity contribution >= 4 is 11.8 Å². The van der Waals surface area contributed by atoms with E-state index in [1.54, 1.807) is 0 Å². The fraction of sp³-hybridized carbons (Fsp3) is 0.800. The summed E-state index contributed by atoms with van der Waals surface area (Å²) in [4.78, 5) is 22.2. The first-order chi connectivity index (χ1) is 6.13. The number of carbonyl (C=O) groups excluding carboxylic acids is 2. The van der Waals surface area contributed by atoms with Gasteiger partial charge in [0.25, 0.3) is 0 Å². The highest BCUT2D eigenvalue weighted by molar-refractivity contribution is 5.97. The van der Waals surface area contributed by atoms with Crippen LogP contribution in [0.25, 0.3) is 0 Å². The lowest BCUT2D eigenvalue weighted by Gasteiger charge is -2.10. The lowest BCUT2D eigenvalue weighted by Crippen LogP contribution is -2.23. The lowest BCUT2D eigenvalue weighted by molar-refractivity contribution is -0.151. The van der Waals surface area contributed by atoms with Crippen LogP contribution >= 0.6 is 0 Å². The van der Waals surface area contributed by atoms with Crippen molar-refractivity contribution in [2.24, 2.45) is 5.92 Å². The fourth-order valence-electron chi connectivity index (χ4n) is 1.04. The van der Waals surface area contributed by atoms with Crippen LogP contribution in [0.15, 0.2) is 0 Å². The van der Waals surface area contributed by atoms with E-state index >= 15 is 0 Å². The molecule has 0 aromatic carbocycles. The van der Waals surface area contributed by atoms with Crippen molar-refractivity contribution in [1.29, 1.82) is 0 Å². The highest BCUT2D eigenvalue weighted by atomic mass is 16.5. The maximum Gasteiger partial charge on any atom is 0.316 e. The molecule has 0 radical (unpaired) electrons. The summed E-state index contributed by atoms with van der Waals surface area (Å²) >= 11 is 0. The second kappa shape index (κ2) is 6.63. The summed E-state index contributed by atoms with van der Waals surface area (Å²) in [5, 5.41) is 0. The number of esters is 1. The van der Waals surface area contributed by atoms with Gasteiger partial charge in [0.05, 0.1) is 6.61 Å². The van der Waals surface area contributed by atoms with Crippen LogP contribution in [0.3, 0.4) is 0 Å². The summed E-state index contributed by atoms with van der Waals surface area (Å²) in [6.45, 7) is 5.69. The molecule has 0 saturated heterocycles. The standard InChI is InChI=1S/C10H18O3/c1-4-6-7-13-10(12)9(5-2)8(3)11/h9H,4-7H2,1-3H3. The molecule has 76 valence electrons. The molecule has 1 atom stereocenters. The maximum absolute atomic E-state index is 11.2. The van der Waals surface area contributed by atoms with E-state index in [2.05, 4.69) is 0 Å². The van der Waals surface area contributed by atoms with E-state index in [1.165, 1.54) is 6.92 Å². The van der Waals surface area contributed by atoms with Crippen LogP contribution < -0.4 is 0 Å². The normalized spacial score (nSPS) is 12.2. The minimum Gasteiger partial charge on any atom is -0.465 e. The molecule has 0 N–H and O–H groups in total. The van der Waals surface area contributed by atoms with Crippen LogP contribution in [0.4, 0.5) is 0 Å². The van der Waals surface area contributed by atoms with E-state index in [-0.39, 0.29) is 11.8 Å². The van der Waals surface area contributed by atoms with Gasteiger partial charge in [-0.2, -0.15) is 0 Å². The Kier molecular flexibility index (Phi) is 6.20. The zero-order valence-corrected chi connectivity index (χ0v) is 8.63. The third kappa shape index (κ3) is 4.65. The second-order valence-corrected chi connectivity index (χ2v) is 3.09. The summed E-state index contributed by atoms with van der Waals surface area (Å²) < 4.78 is 4.94. The Hall–Kier alpha value is -0.860. The third-order valence-electron chi connectivity index (χ3n) is 1.93. The first-order valence-electron chi connectivity index (χ1n) is 4.80. The average molecular weight is 186 g/mol. The molecular formula is C10H18O3. The number of carbonyl (C=O) groups is 2. The fourth-order valence-corrected chi connectivity index (χ4v) is 1.04. The van der Waals surface area contributed by atoms with Gasteiger partial charge in [0.1, 0.15) is 11.7 Å². The van der Waals surface area contributed by atoms with Crippen molar-refractivity contribution in [3.63, 3.8) is 0 Å². The van der Waals surface area contributed by atoms with Gasteiger partial charge >= 0.3 is 5.97 Å². The molecular weight excluding hydrogens is 168 g/mol. The molecule has 0 aliphatic rings. The number of ketones is 1. The molecule has 0 bridgehead atoms. The predicted molar refractivity (Wildman–Crippen MR) is 50.3 cm³/mol. The van der Waals surface area contributed by atoms with Gasteiger partial charge < -0.3 is 4.74 Å². The van der Waals surface area contributed by atoms with Crippen LogP contribution in [0.2, 0.25) is 0 Å². The summed E-state index contributed by atoms with van der Waals surface area (Å²) in [7, 11) is 0. The average Bonchev–Trinajstić information content (AvgIpc) is 2.05. The largest absolute Gasteiger partial charge is 0.465 e. The molecule has 13 heavy (non-hydrogen) atoms. The molecule has 0 aromatic rings. The van der Waals surface area contributed by atoms with E-state index in [0.717, 1.165) is 12.8 Å². The molecule has 0 saturated carbocycles. The van der Waals surface area contributed by atoms with Gasteiger partial charge in [0.15, 0.2) is 0 Å². The summed E-state index contributed by atoms with van der Waals surface area (Å²) in [6.07, 6.45) is 2.38. The number of hydrogen-bond donors (Lipinski definition) is 0. The third-order valence-corrected chi connectivity index (χ3v) is 1.93. The summed E-state index contributed by atoms with van der Waals surface area (Å²) in [6, 6.07) is 0. The second-order valence-electron chi connectivity index (χ2n) is 3.09. The molecule has 0 spiro atoms. The molecule has 0 rings (SSSR count). The number of unbranched alkanes of at least 4 members (excludes halogenated alkanes) is 1. The first-order valence-corrected chi connectivity index (χ1v) is 4.80. The van der Waals surface area contributed by atoms with Crippen molar-refractivity contribution < 1.29 is 14.3 Å². The zero-order chi connectivity index (χ0) is 10.3. The van der Waals surface area contributed by atoms with Gasteiger partial charge in [-0.05, 0) is 19.8 Å².